The van der Waals surface area contributed by atoms with E-state index in [0.717, 1.165) is 5.56 Å². The smallest absolute Gasteiger partial charge is 0.338 e. The van der Waals surface area contributed by atoms with Gasteiger partial charge in [0.25, 0.3) is 5.56 Å². The fourth-order valence-corrected chi connectivity index (χ4v) is 5.21. The Morgan fingerprint density at radius 1 is 1.08 bits per heavy atom. The summed E-state index contributed by atoms with van der Waals surface area (Å²) in [6, 6.07) is 11.5. The summed E-state index contributed by atoms with van der Waals surface area (Å²) in [6.45, 7) is 7.18. The van der Waals surface area contributed by atoms with Crippen molar-refractivity contribution in [3.05, 3.63) is 84.5 Å². The molecule has 198 valence electrons. The van der Waals surface area contributed by atoms with Crippen molar-refractivity contribution in [1.82, 2.24) is 4.57 Å². The quantitative estimate of drug-likeness (QED) is 0.322. The Kier molecular flexibility index (Phi) is 8.11. The molecule has 0 saturated carbocycles. The zero-order valence-electron chi connectivity index (χ0n) is 21.8. The lowest BCUT2D eigenvalue weighted by molar-refractivity contribution is -0.139. The van der Waals surface area contributed by atoms with Gasteiger partial charge in [-0.25, -0.2) is 9.79 Å². The number of esters is 2. The summed E-state index contributed by atoms with van der Waals surface area (Å²) >= 11 is 1.22. The van der Waals surface area contributed by atoms with E-state index in [2.05, 4.69) is 4.99 Å². The van der Waals surface area contributed by atoms with Gasteiger partial charge in [0.1, 0.15) is 5.75 Å². The molecule has 1 aliphatic rings. The fraction of sp³-hybridized carbons (Fsp3) is 0.286. The highest BCUT2D eigenvalue weighted by Gasteiger charge is 2.33. The number of rotatable bonds is 8. The first kappa shape index (κ1) is 26.9. The number of thiazole rings is 1. The maximum Gasteiger partial charge on any atom is 0.338 e. The standard InChI is InChI=1S/C28H28N2O7S/c1-6-35-22-14-18(8-13-21(22)37-17(4)31)15-23-26(32)30-25(19-9-11-20(34-5)12-10-19)24(27(33)36-7-2)16(3)29-28(30)38-23/h8-15,25H,6-7H2,1-5H3/b23-15+/t25-/m0/s1. The molecule has 0 aliphatic carbocycles. The number of ether oxygens (including phenoxy) is 4. The SMILES string of the molecule is CCOC(=O)C1=C(C)N=c2s/c(=C/c3ccc(OC(C)=O)c(OCC)c3)c(=O)n2[C@H]1c1ccc(OC)cc1. The maximum absolute atomic E-state index is 13.8. The monoisotopic (exact) mass is 536 g/mol. The van der Waals surface area contributed by atoms with Crippen molar-refractivity contribution in [1.29, 1.82) is 0 Å². The van der Waals surface area contributed by atoms with Crippen LogP contribution in [0.15, 0.2) is 63.5 Å². The predicted octanol–water partition coefficient (Wildman–Crippen LogP) is 3.13. The number of hydrogen-bond acceptors (Lipinski definition) is 9. The summed E-state index contributed by atoms with van der Waals surface area (Å²) in [4.78, 5) is 43.3. The van der Waals surface area contributed by atoms with Gasteiger partial charge < -0.3 is 18.9 Å². The van der Waals surface area contributed by atoms with E-state index >= 15 is 0 Å². The average Bonchev–Trinajstić information content (AvgIpc) is 3.19. The second-order valence-corrected chi connectivity index (χ2v) is 9.32. The van der Waals surface area contributed by atoms with Crippen molar-refractivity contribution in [2.75, 3.05) is 20.3 Å². The number of fused-ring (bicyclic) bond motifs is 1. The summed E-state index contributed by atoms with van der Waals surface area (Å²) in [5, 5.41) is 0. The molecule has 2 aromatic carbocycles. The number of benzene rings is 2. The molecule has 1 aromatic heterocycles. The van der Waals surface area contributed by atoms with Gasteiger partial charge in [0.2, 0.25) is 0 Å². The molecule has 38 heavy (non-hydrogen) atoms. The van der Waals surface area contributed by atoms with Gasteiger partial charge in [0, 0.05) is 6.92 Å². The van der Waals surface area contributed by atoms with Crippen LogP contribution in [0.5, 0.6) is 17.2 Å². The van der Waals surface area contributed by atoms with E-state index in [-0.39, 0.29) is 12.2 Å². The van der Waals surface area contributed by atoms with Gasteiger partial charge in [-0.05, 0) is 62.2 Å². The van der Waals surface area contributed by atoms with Crippen LogP contribution in [-0.4, -0.2) is 36.8 Å². The molecular formula is C28H28N2O7S. The highest BCUT2D eigenvalue weighted by atomic mass is 32.1. The molecule has 10 heteroatoms. The van der Waals surface area contributed by atoms with Crippen molar-refractivity contribution in [3.8, 4) is 17.2 Å². The molecule has 2 heterocycles. The number of nitrogens with zero attached hydrogens (tertiary/aromatic N) is 2. The topological polar surface area (TPSA) is 105 Å². The average molecular weight is 537 g/mol. The van der Waals surface area contributed by atoms with Crippen molar-refractivity contribution < 1.29 is 28.5 Å². The Morgan fingerprint density at radius 2 is 1.82 bits per heavy atom. The first-order valence-corrected chi connectivity index (χ1v) is 12.9. The Hall–Kier alpha value is -4.18. The third-order valence-corrected chi connectivity index (χ3v) is 6.75. The molecular weight excluding hydrogens is 508 g/mol. The second kappa shape index (κ2) is 11.5. The molecule has 1 atom stereocenters. The molecule has 4 rings (SSSR count). The zero-order chi connectivity index (χ0) is 27.4. The molecule has 9 nitrogen and oxygen atoms in total. The van der Waals surface area contributed by atoms with Gasteiger partial charge in [-0.15, -0.1) is 0 Å². The molecule has 0 radical (unpaired) electrons. The van der Waals surface area contributed by atoms with Gasteiger partial charge in [-0.2, -0.15) is 0 Å². The third-order valence-electron chi connectivity index (χ3n) is 5.77. The van der Waals surface area contributed by atoms with Crippen molar-refractivity contribution in [3.63, 3.8) is 0 Å². The molecule has 0 N–H and O–H groups in total. The molecule has 3 aromatic rings. The number of allylic oxidation sites excluding steroid dienone is 1. The Balaban J connectivity index is 1.88. The Labute approximate surface area is 223 Å². The molecule has 1 aliphatic heterocycles. The maximum atomic E-state index is 13.8. The Bertz CT molecular complexity index is 1580. The van der Waals surface area contributed by atoms with Crippen molar-refractivity contribution >= 4 is 29.4 Å². The lowest BCUT2D eigenvalue weighted by atomic mass is 9.96. The summed E-state index contributed by atoms with van der Waals surface area (Å²) in [5.41, 5.74) is 1.89. The number of carbonyl (C=O) groups excluding carboxylic acids is 2. The van der Waals surface area contributed by atoms with Gasteiger partial charge in [-0.3, -0.25) is 14.2 Å². The summed E-state index contributed by atoms with van der Waals surface area (Å²) in [5.74, 6) is 0.361. The van der Waals surface area contributed by atoms with Gasteiger partial charge in [0.15, 0.2) is 16.3 Å². The van der Waals surface area contributed by atoms with E-state index in [1.807, 2.05) is 19.1 Å². The van der Waals surface area contributed by atoms with Gasteiger partial charge >= 0.3 is 11.9 Å². The van der Waals surface area contributed by atoms with Crippen LogP contribution in [-0.2, 0) is 14.3 Å². The van der Waals surface area contributed by atoms with Crippen LogP contribution in [0, 0.1) is 0 Å². The van der Waals surface area contributed by atoms with Crippen LogP contribution in [0.2, 0.25) is 0 Å². The minimum Gasteiger partial charge on any atom is -0.497 e. The molecule has 0 fully saturated rings. The largest absolute Gasteiger partial charge is 0.497 e. The summed E-state index contributed by atoms with van der Waals surface area (Å²) in [7, 11) is 1.57. The lowest BCUT2D eigenvalue weighted by Gasteiger charge is -2.24. The van der Waals surface area contributed by atoms with Crippen LogP contribution >= 0.6 is 11.3 Å². The highest BCUT2D eigenvalue weighted by Crippen LogP contribution is 2.32. The highest BCUT2D eigenvalue weighted by molar-refractivity contribution is 7.07. The van der Waals surface area contributed by atoms with Gasteiger partial charge in [-0.1, -0.05) is 29.5 Å². The van der Waals surface area contributed by atoms with E-state index in [0.29, 0.717) is 50.0 Å². The van der Waals surface area contributed by atoms with E-state index in [1.165, 1.54) is 22.8 Å². The molecule has 0 amide bonds. The first-order chi connectivity index (χ1) is 18.3. The van der Waals surface area contributed by atoms with E-state index in [1.54, 1.807) is 57.4 Å². The summed E-state index contributed by atoms with van der Waals surface area (Å²) in [6.07, 6.45) is 1.72. The third kappa shape index (κ3) is 5.40. The van der Waals surface area contributed by atoms with Crippen molar-refractivity contribution in [2.45, 2.75) is 33.7 Å². The minimum absolute atomic E-state index is 0.195. The second-order valence-electron chi connectivity index (χ2n) is 8.31. The number of hydrogen-bond donors (Lipinski definition) is 0. The van der Waals surface area contributed by atoms with E-state index in [4.69, 9.17) is 18.9 Å². The minimum atomic E-state index is -0.719. The summed E-state index contributed by atoms with van der Waals surface area (Å²) < 4.78 is 23.4. The number of aromatic nitrogens is 1. The van der Waals surface area contributed by atoms with Crippen LogP contribution in [0.3, 0.4) is 0 Å². The number of methoxy groups -OCH3 is 1. The predicted molar refractivity (Wildman–Crippen MR) is 142 cm³/mol. The van der Waals surface area contributed by atoms with Gasteiger partial charge in [0.05, 0.1) is 42.2 Å². The molecule has 0 bridgehead atoms. The first-order valence-electron chi connectivity index (χ1n) is 12.1. The molecule has 0 saturated heterocycles. The van der Waals surface area contributed by atoms with Crippen LogP contribution in [0.1, 0.15) is 44.9 Å². The number of carbonyl (C=O) groups is 2. The van der Waals surface area contributed by atoms with E-state index in [9.17, 15) is 14.4 Å². The lowest BCUT2D eigenvalue weighted by Crippen LogP contribution is -2.39. The van der Waals surface area contributed by atoms with Crippen molar-refractivity contribution in [2.24, 2.45) is 4.99 Å². The Morgan fingerprint density at radius 3 is 2.45 bits per heavy atom. The fourth-order valence-electron chi connectivity index (χ4n) is 4.17. The molecule has 0 unspecified atom stereocenters. The van der Waals surface area contributed by atoms with Crippen LogP contribution in [0.25, 0.3) is 6.08 Å². The normalized spacial score (nSPS) is 15.0. The zero-order valence-corrected chi connectivity index (χ0v) is 22.6. The van der Waals surface area contributed by atoms with E-state index < -0.39 is 18.0 Å². The van der Waals surface area contributed by atoms with Crippen LogP contribution < -0.4 is 29.1 Å². The van der Waals surface area contributed by atoms with Crippen LogP contribution in [0.4, 0.5) is 0 Å². The molecule has 0 spiro atoms.